The highest BCUT2D eigenvalue weighted by Crippen LogP contribution is 2.30. The van der Waals surface area contributed by atoms with Crippen molar-refractivity contribution in [1.82, 2.24) is 0 Å². The summed E-state index contributed by atoms with van der Waals surface area (Å²) in [6.07, 6.45) is 0.418. The molecule has 3 rings (SSSR count). The Morgan fingerprint density at radius 1 is 1.14 bits per heavy atom. The fourth-order valence-electron chi connectivity index (χ4n) is 2.55. The molecule has 4 heteroatoms. The molecule has 1 atom stereocenters. The first kappa shape index (κ1) is 14.2. The fourth-order valence-corrected chi connectivity index (χ4v) is 3.52. The molecule has 3 aromatic rings. The van der Waals surface area contributed by atoms with E-state index in [2.05, 4.69) is 0 Å². The van der Waals surface area contributed by atoms with E-state index in [1.807, 2.05) is 29.6 Å². The molecule has 2 N–H and O–H groups in total. The van der Waals surface area contributed by atoms with Gasteiger partial charge < -0.3 is 5.73 Å². The van der Waals surface area contributed by atoms with Crippen LogP contribution in [-0.2, 0) is 6.42 Å². The summed E-state index contributed by atoms with van der Waals surface area (Å²) in [5.41, 5.74) is 7.49. The SMILES string of the molecule is Cc1ccc(F)c(C(N)Cc2csc3ccccc23)c1F. The molecule has 0 aliphatic heterocycles. The molecule has 0 bridgehead atoms. The molecule has 0 spiro atoms. The van der Waals surface area contributed by atoms with Crippen LogP contribution in [-0.4, -0.2) is 0 Å². The summed E-state index contributed by atoms with van der Waals surface area (Å²) in [7, 11) is 0. The molecule has 0 fully saturated rings. The van der Waals surface area contributed by atoms with E-state index in [1.165, 1.54) is 12.1 Å². The van der Waals surface area contributed by atoms with Gasteiger partial charge in [0.1, 0.15) is 11.6 Å². The van der Waals surface area contributed by atoms with E-state index in [-0.39, 0.29) is 5.56 Å². The summed E-state index contributed by atoms with van der Waals surface area (Å²) in [6.45, 7) is 1.62. The van der Waals surface area contributed by atoms with E-state index in [1.54, 1.807) is 18.3 Å². The second-order valence-corrected chi connectivity index (χ2v) is 6.07. The van der Waals surface area contributed by atoms with Crippen molar-refractivity contribution in [1.29, 1.82) is 0 Å². The molecule has 0 radical (unpaired) electrons. The van der Waals surface area contributed by atoms with Crippen molar-refractivity contribution in [3.63, 3.8) is 0 Å². The minimum Gasteiger partial charge on any atom is -0.323 e. The first-order valence-corrected chi connectivity index (χ1v) is 7.61. The molecular weight excluding hydrogens is 288 g/mol. The number of halogens is 2. The molecule has 21 heavy (non-hydrogen) atoms. The second kappa shape index (κ2) is 5.54. The lowest BCUT2D eigenvalue weighted by molar-refractivity contribution is 0.520. The van der Waals surface area contributed by atoms with E-state index in [9.17, 15) is 8.78 Å². The molecule has 0 saturated carbocycles. The van der Waals surface area contributed by atoms with Gasteiger partial charge in [0.2, 0.25) is 0 Å². The normalized spacial score (nSPS) is 12.8. The number of benzene rings is 2. The third-order valence-electron chi connectivity index (χ3n) is 3.69. The standard InChI is InChI=1S/C17H15F2NS/c1-10-6-7-13(18)16(17(10)19)14(20)8-11-9-21-15-5-3-2-4-12(11)15/h2-7,9,14H,8,20H2,1H3. The van der Waals surface area contributed by atoms with E-state index in [0.717, 1.165) is 15.6 Å². The molecule has 1 aromatic heterocycles. The van der Waals surface area contributed by atoms with Gasteiger partial charge in [0.05, 0.1) is 0 Å². The number of thiophene rings is 1. The first-order chi connectivity index (χ1) is 10.1. The molecule has 0 aliphatic rings. The van der Waals surface area contributed by atoms with Crippen molar-refractivity contribution in [2.45, 2.75) is 19.4 Å². The third kappa shape index (κ3) is 2.57. The maximum atomic E-state index is 14.1. The van der Waals surface area contributed by atoms with Crippen molar-refractivity contribution in [2.24, 2.45) is 5.73 Å². The third-order valence-corrected chi connectivity index (χ3v) is 4.70. The Labute approximate surface area is 126 Å². The Balaban J connectivity index is 1.97. The molecule has 1 unspecified atom stereocenters. The lowest BCUT2D eigenvalue weighted by atomic mass is 9.97. The fraction of sp³-hybridized carbons (Fsp3) is 0.176. The number of fused-ring (bicyclic) bond motifs is 1. The van der Waals surface area contributed by atoms with Crippen molar-refractivity contribution >= 4 is 21.4 Å². The molecule has 0 saturated heterocycles. The Hall–Kier alpha value is -1.78. The van der Waals surface area contributed by atoms with Crippen molar-refractivity contribution in [3.8, 4) is 0 Å². The van der Waals surface area contributed by atoms with Gasteiger partial charge in [-0.25, -0.2) is 8.78 Å². The van der Waals surface area contributed by atoms with Crippen LogP contribution in [0.5, 0.6) is 0 Å². The van der Waals surface area contributed by atoms with Gasteiger partial charge in [-0.2, -0.15) is 0 Å². The van der Waals surface area contributed by atoms with Crippen LogP contribution in [0.15, 0.2) is 41.8 Å². The van der Waals surface area contributed by atoms with E-state index >= 15 is 0 Å². The topological polar surface area (TPSA) is 26.0 Å². The highest BCUT2D eigenvalue weighted by Gasteiger charge is 2.19. The summed E-state index contributed by atoms with van der Waals surface area (Å²) < 4.78 is 29.2. The number of aryl methyl sites for hydroxylation is 1. The van der Waals surface area contributed by atoms with Crippen LogP contribution in [0.25, 0.3) is 10.1 Å². The minimum absolute atomic E-state index is 0.0229. The first-order valence-electron chi connectivity index (χ1n) is 6.73. The monoisotopic (exact) mass is 303 g/mol. The zero-order valence-corrected chi connectivity index (χ0v) is 12.4. The molecule has 0 aliphatic carbocycles. The van der Waals surface area contributed by atoms with Crippen LogP contribution >= 0.6 is 11.3 Å². The molecular formula is C17H15F2NS. The lowest BCUT2D eigenvalue weighted by Gasteiger charge is -2.15. The highest BCUT2D eigenvalue weighted by molar-refractivity contribution is 7.17. The van der Waals surface area contributed by atoms with Gasteiger partial charge in [0.15, 0.2) is 0 Å². The smallest absolute Gasteiger partial charge is 0.133 e. The van der Waals surface area contributed by atoms with Crippen LogP contribution in [0.3, 0.4) is 0 Å². The van der Waals surface area contributed by atoms with E-state index in [0.29, 0.717) is 12.0 Å². The van der Waals surface area contributed by atoms with Crippen molar-refractivity contribution in [2.75, 3.05) is 0 Å². The summed E-state index contributed by atoms with van der Waals surface area (Å²) in [5, 5.41) is 3.11. The van der Waals surface area contributed by atoms with Crippen LogP contribution in [0.2, 0.25) is 0 Å². The summed E-state index contributed by atoms with van der Waals surface area (Å²) in [6, 6.07) is 9.99. The van der Waals surface area contributed by atoms with Gasteiger partial charge in [0.25, 0.3) is 0 Å². The maximum absolute atomic E-state index is 14.1. The molecule has 108 valence electrons. The Bertz CT molecular complexity index is 795. The van der Waals surface area contributed by atoms with Crippen LogP contribution in [0.1, 0.15) is 22.7 Å². The van der Waals surface area contributed by atoms with Crippen LogP contribution in [0.4, 0.5) is 8.78 Å². The summed E-state index contributed by atoms with van der Waals surface area (Å²) in [5.74, 6) is -1.12. The van der Waals surface area contributed by atoms with Gasteiger partial charge >= 0.3 is 0 Å². The average molecular weight is 303 g/mol. The van der Waals surface area contributed by atoms with E-state index in [4.69, 9.17) is 5.73 Å². The highest BCUT2D eigenvalue weighted by atomic mass is 32.1. The zero-order chi connectivity index (χ0) is 15.0. The quantitative estimate of drug-likeness (QED) is 0.743. The second-order valence-electron chi connectivity index (χ2n) is 5.16. The molecule has 0 amide bonds. The number of hydrogen-bond acceptors (Lipinski definition) is 2. The molecule has 1 heterocycles. The van der Waals surface area contributed by atoms with Crippen LogP contribution in [0, 0.1) is 18.6 Å². The zero-order valence-electron chi connectivity index (χ0n) is 11.6. The lowest BCUT2D eigenvalue weighted by Crippen LogP contribution is -2.17. The molecule has 1 nitrogen and oxygen atoms in total. The Morgan fingerprint density at radius 2 is 1.90 bits per heavy atom. The van der Waals surface area contributed by atoms with E-state index < -0.39 is 17.7 Å². The predicted molar refractivity (Wildman–Crippen MR) is 83.6 cm³/mol. The maximum Gasteiger partial charge on any atom is 0.133 e. The van der Waals surface area contributed by atoms with Gasteiger partial charge in [-0.3, -0.25) is 0 Å². The Morgan fingerprint density at radius 3 is 2.71 bits per heavy atom. The summed E-state index contributed by atoms with van der Waals surface area (Å²) >= 11 is 1.62. The number of hydrogen-bond donors (Lipinski definition) is 1. The number of rotatable bonds is 3. The Kier molecular flexibility index (Phi) is 3.74. The van der Waals surface area contributed by atoms with Crippen LogP contribution < -0.4 is 5.73 Å². The van der Waals surface area contributed by atoms with Gasteiger partial charge in [0, 0.05) is 16.3 Å². The van der Waals surface area contributed by atoms with Crippen molar-refractivity contribution < 1.29 is 8.78 Å². The van der Waals surface area contributed by atoms with Crippen molar-refractivity contribution in [3.05, 3.63) is 70.1 Å². The van der Waals surface area contributed by atoms with Gasteiger partial charge in [-0.15, -0.1) is 11.3 Å². The average Bonchev–Trinajstić information content (AvgIpc) is 2.87. The number of nitrogens with two attached hydrogens (primary N) is 1. The van der Waals surface area contributed by atoms with Gasteiger partial charge in [-0.1, -0.05) is 24.3 Å². The minimum atomic E-state index is -0.692. The molecule has 2 aromatic carbocycles. The largest absolute Gasteiger partial charge is 0.323 e. The van der Waals surface area contributed by atoms with Gasteiger partial charge in [-0.05, 0) is 47.4 Å². The predicted octanol–water partition coefficient (Wildman–Crippen LogP) is 4.73. The summed E-state index contributed by atoms with van der Waals surface area (Å²) in [4.78, 5) is 0.